The Labute approximate surface area is 119 Å². The molecule has 2 rings (SSSR count). The Bertz CT molecular complexity index is 618. The van der Waals surface area contributed by atoms with E-state index in [1.165, 1.54) is 12.1 Å². The minimum Gasteiger partial charge on any atom is -0.478 e. The zero-order chi connectivity index (χ0) is 15.0. The molecule has 0 saturated heterocycles. The molecular formula is C14H19NO4S. The van der Waals surface area contributed by atoms with Crippen LogP contribution in [0.25, 0.3) is 0 Å². The lowest BCUT2D eigenvalue weighted by molar-refractivity contribution is 0.0696. The van der Waals surface area contributed by atoms with Gasteiger partial charge in [-0.25, -0.2) is 17.9 Å². The SMILES string of the molecule is CC(C)(NS(=O)(=O)Cc1cccc(C(=O)O)c1)C1CC1. The van der Waals surface area contributed by atoms with Crippen LogP contribution in [0, 0.1) is 5.92 Å². The van der Waals surface area contributed by atoms with Crippen LogP contribution in [0.4, 0.5) is 0 Å². The number of carbonyl (C=O) groups is 1. The van der Waals surface area contributed by atoms with Crippen molar-refractivity contribution in [1.29, 1.82) is 0 Å². The van der Waals surface area contributed by atoms with Crippen molar-refractivity contribution in [1.82, 2.24) is 4.72 Å². The molecule has 0 radical (unpaired) electrons. The summed E-state index contributed by atoms with van der Waals surface area (Å²) in [7, 11) is -3.48. The maximum Gasteiger partial charge on any atom is 0.335 e. The lowest BCUT2D eigenvalue weighted by Crippen LogP contribution is -2.45. The lowest BCUT2D eigenvalue weighted by Gasteiger charge is -2.25. The lowest BCUT2D eigenvalue weighted by atomic mass is 10.0. The third kappa shape index (κ3) is 3.80. The van der Waals surface area contributed by atoms with Gasteiger partial charge in [0.2, 0.25) is 10.0 Å². The molecule has 1 saturated carbocycles. The van der Waals surface area contributed by atoms with Crippen molar-refractivity contribution in [2.45, 2.75) is 38.0 Å². The van der Waals surface area contributed by atoms with Gasteiger partial charge in [0.05, 0.1) is 11.3 Å². The molecule has 0 spiro atoms. The molecule has 1 aliphatic carbocycles. The summed E-state index contributed by atoms with van der Waals surface area (Å²) >= 11 is 0. The predicted octanol–water partition coefficient (Wildman–Crippen LogP) is 1.99. The largest absolute Gasteiger partial charge is 0.478 e. The molecule has 1 aromatic rings. The normalized spacial score (nSPS) is 16.1. The van der Waals surface area contributed by atoms with Gasteiger partial charge in [-0.15, -0.1) is 0 Å². The first-order valence-corrected chi connectivity index (χ1v) is 8.19. The van der Waals surface area contributed by atoms with Crippen LogP contribution in [-0.2, 0) is 15.8 Å². The first kappa shape index (κ1) is 15.0. The maximum absolute atomic E-state index is 12.2. The number of sulfonamides is 1. The second-order valence-electron chi connectivity index (χ2n) is 5.86. The zero-order valence-electron chi connectivity index (χ0n) is 11.6. The van der Waals surface area contributed by atoms with E-state index in [0.717, 1.165) is 12.8 Å². The van der Waals surface area contributed by atoms with Gasteiger partial charge in [0.15, 0.2) is 0 Å². The van der Waals surface area contributed by atoms with Crippen molar-refractivity contribution in [3.63, 3.8) is 0 Å². The highest BCUT2D eigenvalue weighted by Gasteiger charge is 2.40. The van der Waals surface area contributed by atoms with Crippen molar-refractivity contribution < 1.29 is 18.3 Å². The van der Waals surface area contributed by atoms with E-state index >= 15 is 0 Å². The summed E-state index contributed by atoms with van der Waals surface area (Å²) in [6.07, 6.45) is 2.09. The molecule has 2 N–H and O–H groups in total. The third-order valence-corrected chi connectivity index (χ3v) is 5.10. The monoisotopic (exact) mass is 297 g/mol. The zero-order valence-corrected chi connectivity index (χ0v) is 12.4. The van der Waals surface area contributed by atoms with Crippen molar-refractivity contribution in [3.8, 4) is 0 Å². The average Bonchev–Trinajstić information content (AvgIpc) is 3.10. The van der Waals surface area contributed by atoms with E-state index in [1.807, 2.05) is 13.8 Å². The molecule has 0 atom stereocenters. The van der Waals surface area contributed by atoms with E-state index in [0.29, 0.717) is 11.5 Å². The molecular weight excluding hydrogens is 278 g/mol. The van der Waals surface area contributed by atoms with Gasteiger partial charge < -0.3 is 5.11 Å². The van der Waals surface area contributed by atoms with E-state index in [1.54, 1.807) is 12.1 Å². The molecule has 1 fully saturated rings. The summed E-state index contributed by atoms with van der Waals surface area (Å²) < 4.78 is 27.1. The summed E-state index contributed by atoms with van der Waals surface area (Å²) in [5.74, 6) is -0.872. The minimum atomic E-state index is -3.48. The van der Waals surface area contributed by atoms with Gasteiger partial charge in [0.25, 0.3) is 0 Å². The molecule has 0 unspecified atom stereocenters. The molecule has 6 heteroatoms. The number of benzene rings is 1. The van der Waals surface area contributed by atoms with Crippen LogP contribution >= 0.6 is 0 Å². The van der Waals surface area contributed by atoms with E-state index in [4.69, 9.17) is 5.11 Å². The highest BCUT2D eigenvalue weighted by atomic mass is 32.2. The smallest absolute Gasteiger partial charge is 0.335 e. The van der Waals surface area contributed by atoms with Gasteiger partial charge in [-0.3, -0.25) is 0 Å². The highest BCUT2D eigenvalue weighted by Crippen LogP contribution is 2.39. The number of carboxylic acid groups (broad SMARTS) is 1. The fourth-order valence-electron chi connectivity index (χ4n) is 2.34. The Morgan fingerprint density at radius 1 is 1.40 bits per heavy atom. The number of hydrogen-bond acceptors (Lipinski definition) is 3. The number of carboxylic acids is 1. The molecule has 0 bridgehead atoms. The number of nitrogens with one attached hydrogen (secondary N) is 1. The Morgan fingerprint density at radius 3 is 2.60 bits per heavy atom. The predicted molar refractivity (Wildman–Crippen MR) is 76.0 cm³/mol. The summed E-state index contributed by atoms with van der Waals surface area (Å²) in [4.78, 5) is 10.9. The standard InChI is InChI=1S/C14H19NO4S/c1-14(2,12-6-7-12)15-20(18,19)9-10-4-3-5-11(8-10)13(16)17/h3-5,8,12,15H,6-7,9H2,1-2H3,(H,16,17). The molecule has 1 aliphatic rings. The third-order valence-electron chi connectivity index (χ3n) is 3.55. The topological polar surface area (TPSA) is 83.5 Å². The Hall–Kier alpha value is -1.40. The van der Waals surface area contributed by atoms with Crippen molar-refractivity contribution in [3.05, 3.63) is 35.4 Å². The van der Waals surface area contributed by atoms with Crippen LogP contribution in [0.2, 0.25) is 0 Å². The molecule has 0 amide bonds. The van der Waals surface area contributed by atoms with Crippen LogP contribution in [0.15, 0.2) is 24.3 Å². The fraction of sp³-hybridized carbons (Fsp3) is 0.500. The average molecular weight is 297 g/mol. The quantitative estimate of drug-likeness (QED) is 0.841. The second-order valence-corrected chi connectivity index (χ2v) is 7.58. The molecule has 20 heavy (non-hydrogen) atoms. The van der Waals surface area contributed by atoms with Gasteiger partial charge in [-0.05, 0) is 50.3 Å². The van der Waals surface area contributed by atoms with E-state index < -0.39 is 21.5 Å². The van der Waals surface area contributed by atoms with Crippen molar-refractivity contribution >= 4 is 16.0 Å². The van der Waals surface area contributed by atoms with Crippen LogP contribution in [0.5, 0.6) is 0 Å². The van der Waals surface area contributed by atoms with Gasteiger partial charge in [0.1, 0.15) is 0 Å². The van der Waals surface area contributed by atoms with Crippen LogP contribution in [-0.4, -0.2) is 25.0 Å². The summed E-state index contributed by atoms with van der Waals surface area (Å²) in [6, 6.07) is 6.02. The van der Waals surface area contributed by atoms with Gasteiger partial charge in [-0.1, -0.05) is 12.1 Å². The van der Waals surface area contributed by atoms with Crippen LogP contribution in [0.3, 0.4) is 0 Å². The van der Waals surface area contributed by atoms with E-state index in [9.17, 15) is 13.2 Å². The van der Waals surface area contributed by atoms with Crippen LogP contribution in [0.1, 0.15) is 42.6 Å². The summed E-state index contributed by atoms with van der Waals surface area (Å²) in [6.45, 7) is 3.77. The van der Waals surface area contributed by atoms with Gasteiger partial charge >= 0.3 is 5.97 Å². The van der Waals surface area contributed by atoms with Crippen LogP contribution < -0.4 is 4.72 Å². The Kier molecular flexibility index (Phi) is 3.88. The van der Waals surface area contributed by atoms with E-state index in [2.05, 4.69) is 4.72 Å². The number of hydrogen-bond donors (Lipinski definition) is 2. The first-order chi connectivity index (χ1) is 9.20. The number of aromatic carboxylic acids is 1. The summed E-state index contributed by atoms with van der Waals surface area (Å²) in [5, 5.41) is 8.91. The molecule has 1 aromatic carbocycles. The van der Waals surface area contributed by atoms with E-state index in [-0.39, 0.29) is 11.3 Å². The van der Waals surface area contributed by atoms with Gasteiger partial charge in [0, 0.05) is 5.54 Å². The maximum atomic E-state index is 12.2. The van der Waals surface area contributed by atoms with Gasteiger partial charge in [-0.2, -0.15) is 0 Å². The number of rotatable bonds is 6. The molecule has 0 aliphatic heterocycles. The first-order valence-electron chi connectivity index (χ1n) is 6.53. The fourth-order valence-corrected chi connectivity index (χ4v) is 4.00. The molecule has 5 nitrogen and oxygen atoms in total. The summed E-state index contributed by atoms with van der Waals surface area (Å²) in [5.41, 5.74) is 0.131. The van der Waals surface area contributed by atoms with Crippen molar-refractivity contribution in [2.24, 2.45) is 5.92 Å². The Balaban J connectivity index is 2.11. The molecule has 110 valence electrons. The second kappa shape index (κ2) is 5.18. The molecule has 0 heterocycles. The highest BCUT2D eigenvalue weighted by molar-refractivity contribution is 7.88. The Morgan fingerprint density at radius 2 is 2.05 bits per heavy atom. The molecule has 0 aromatic heterocycles. The minimum absolute atomic E-state index is 0.0964. The van der Waals surface area contributed by atoms with Crippen molar-refractivity contribution in [2.75, 3.05) is 0 Å².